The number of esters is 1. The summed E-state index contributed by atoms with van der Waals surface area (Å²) in [5, 5.41) is 19.2. The van der Waals surface area contributed by atoms with Gasteiger partial charge in [-0.05, 0) is 0 Å². The number of fused-ring (bicyclic) bond motifs is 2. The largest absolute Gasteiger partial charge is 0.543 e. The molecule has 1 saturated heterocycles. The number of anilines is 1. The number of rotatable bonds is 10. The van der Waals surface area contributed by atoms with Gasteiger partial charge < -0.3 is 30.5 Å². The highest BCUT2D eigenvalue weighted by atomic mass is 32.2. The molecule has 15 nitrogen and oxygen atoms in total. The predicted molar refractivity (Wildman–Crippen MR) is 136 cm³/mol. The summed E-state index contributed by atoms with van der Waals surface area (Å²) in [6.45, 7) is 0.00114. The number of carbonyl (C=O) groups is 4. The smallest absolute Gasteiger partial charge is 0.303 e. The van der Waals surface area contributed by atoms with Crippen LogP contribution in [-0.2, 0) is 41.9 Å². The monoisotopic (exact) mass is 610 g/mol. The van der Waals surface area contributed by atoms with E-state index in [2.05, 4.69) is 24.7 Å². The number of halogens is 1. The minimum absolute atomic E-state index is 0.0256. The van der Waals surface area contributed by atoms with E-state index in [0.717, 1.165) is 21.3 Å². The summed E-state index contributed by atoms with van der Waals surface area (Å²) in [6.07, 6.45) is 3.59. The van der Waals surface area contributed by atoms with Crippen molar-refractivity contribution in [2.45, 2.75) is 31.5 Å². The van der Waals surface area contributed by atoms with Crippen molar-refractivity contribution >= 4 is 74.1 Å². The van der Waals surface area contributed by atoms with Crippen molar-refractivity contribution in [3.05, 3.63) is 40.7 Å². The van der Waals surface area contributed by atoms with Crippen LogP contribution in [-0.4, -0.2) is 72.2 Å². The normalized spacial score (nSPS) is 18.9. The zero-order chi connectivity index (χ0) is 28.6. The number of nitrogens with two attached hydrogens (primary N) is 1. The van der Waals surface area contributed by atoms with E-state index < -0.39 is 47.7 Å². The lowest BCUT2D eigenvalue weighted by molar-refractivity contribution is -0.696. The maximum atomic E-state index is 13.1. The number of ether oxygens (including phenoxy) is 1. The van der Waals surface area contributed by atoms with Crippen LogP contribution in [0.1, 0.15) is 18.6 Å². The van der Waals surface area contributed by atoms with Gasteiger partial charge in [0.2, 0.25) is 16.4 Å². The number of carbonyl (C=O) groups excluding carboxylic acids is 4. The number of hydrogen-bond donors (Lipinski definition) is 2. The number of nitrogen functional groups attached to an aromatic ring is 1. The fourth-order valence-electron chi connectivity index (χ4n) is 4.21. The molecule has 3 aromatic rings. The molecule has 5 heterocycles. The number of thioether (sulfide) groups is 1. The third-order valence-electron chi connectivity index (χ3n) is 5.88. The summed E-state index contributed by atoms with van der Waals surface area (Å²) >= 11 is 3.45. The van der Waals surface area contributed by atoms with Gasteiger partial charge in [-0.3, -0.25) is 19.3 Å². The van der Waals surface area contributed by atoms with Crippen molar-refractivity contribution in [1.29, 1.82) is 0 Å². The lowest BCUT2D eigenvalue weighted by atomic mass is 10.0. The maximum Gasteiger partial charge on any atom is 0.303 e. The van der Waals surface area contributed by atoms with E-state index in [-0.39, 0.29) is 35.6 Å². The van der Waals surface area contributed by atoms with Gasteiger partial charge in [-0.15, -0.1) is 11.8 Å². The van der Waals surface area contributed by atoms with Gasteiger partial charge in [0.1, 0.15) is 30.4 Å². The zero-order valence-corrected chi connectivity index (χ0v) is 22.9. The first kappa shape index (κ1) is 27.5. The first-order chi connectivity index (χ1) is 19.2. The molecule has 2 aliphatic heterocycles. The Hall–Kier alpha value is -4.10. The molecule has 0 unspecified atom stereocenters. The number of amides is 2. The highest BCUT2D eigenvalue weighted by Gasteiger charge is 2.53. The molecule has 0 bridgehead atoms. The van der Waals surface area contributed by atoms with E-state index in [9.17, 15) is 28.7 Å². The van der Waals surface area contributed by atoms with Gasteiger partial charge >= 0.3 is 11.8 Å². The fourth-order valence-corrected chi connectivity index (χ4v) is 6.77. The standard InChI is InChI=1S/C21H19FN8O7S3/c1-9(31)36-6-11-28(5-12-29(11)2-3-38-12)4-10-7-39-19-14(18(33)30(19)15(10)20(34)35)24-17(32)13(26-37-8-22)16-25-21(23)40-27-16/h2-3,5,14,19H,4,6-8H2,1H3,(H3-,23,24,25,27,32,34,35)/b26-13-/t14-,19-/m1/s1. The highest BCUT2D eigenvalue weighted by Crippen LogP contribution is 2.40. The summed E-state index contributed by atoms with van der Waals surface area (Å²) in [6, 6.07) is -1.12. The van der Waals surface area contributed by atoms with Gasteiger partial charge in [0.05, 0.1) is 11.7 Å². The van der Waals surface area contributed by atoms with Crippen LogP contribution in [0.15, 0.2) is 34.2 Å². The number of alkyl halides is 1. The molecule has 2 aliphatic rings. The number of aromatic nitrogens is 4. The molecular formula is C21H19FN8O7S3. The number of nitrogens with one attached hydrogen (secondary N) is 1. The topological polar surface area (TPSA) is 198 Å². The van der Waals surface area contributed by atoms with Crippen LogP contribution in [0.25, 0.3) is 4.83 Å². The number of hydrogen-bond acceptors (Lipinski definition) is 14. The van der Waals surface area contributed by atoms with Crippen LogP contribution in [0.3, 0.4) is 0 Å². The number of carboxylic acids is 1. The van der Waals surface area contributed by atoms with Crippen LogP contribution in [0.2, 0.25) is 0 Å². The van der Waals surface area contributed by atoms with Crippen LogP contribution in [0.4, 0.5) is 9.52 Å². The van der Waals surface area contributed by atoms with E-state index >= 15 is 0 Å². The molecular weight excluding hydrogens is 591 g/mol. The maximum absolute atomic E-state index is 13.1. The van der Waals surface area contributed by atoms with Crippen LogP contribution in [0.5, 0.6) is 0 Å². The summed E-state index contributed by atoms with van der Waals surface area (Å²) in [7, 11) is 0. The third-order valence-corrected chi connectivity index (χ3v) is 8.56. The van der Waals surface area contributed by atoms with Gasteiger partial charge in [0.15, 0.2) is 11.7 Å². The minimum atomic E-state index is -1.55. The van der Waals surface area contributed by atoms with Crippen LogP contribution < -0.4 is 20.7 Å². The van der Waals surface area contributed by atoms with E-state index in [1.807, 2.05) is 9.78 Å². The average Bonchev–Trinajstić information content (AvgIpc) is 3.62. The number of imidazole rings is 1. The van der Waals surface area contributed by atoms with Gasteiger partial charge in [-0.25, -0.2) is 8.96 Å². The third kappa shape index (κ3) is 5.09. The molecule has 1 fully saturated rings. The second kappa shape index (κ2) is 11.2. The average molecular weight is 611 g/mol. The quantitative estimate of drug-likeness (QED) is 0.0894. The van der Waals surface area contributed by atoms with Crippen molar-refractivity contribution in [2.24, 2.45) is 5.16 Å². The van der Waals surface area contributed by atoms with E-state index in [4.69, 9.17) is 10.5 Å². The fraction of sp³-hybridized carbons (Fsp3) is 0.333. The Kier molecular flexibility index (Phi) is 7.68. The molecule has 19 heteroatoms. The lowest BCUT2D eigenvalue weighted by Gasteiger charge is -2.50. The molecule has 0 spiro atoms. The Balaban J connectivity index is 1.37. The lowest BCUT2D eigenvalue weighted by Crippen LogP contribution is -2.71. The SMILES string of the molecule is CC(=O)OCc1n2ccsc2c[n+]1CC1=C(C(=O)[O-])N2C(=O)[C@@H](NC(=O)/C(=N\OCF)c3nsc(N)n3)[C@H]2SC1. The predicted octanol–water partition coefficient (Wildman–Crippen LogP) is -1.46. The Morgan fingerprint density at radius 2 is 2.20 bits per heavy atom. The van der Waals surface area contributed by atoms with E-state index in [1.165, 1.54) is 30.0 Å². The molecule has 0 aliphatic carbocycles. The molecule has 40 heavy (non-hydrogen) atoms. The van der Waals surface area contributed by atoms with Crippen LogP contribution >= 0.6 is 34.6 Å². The molecule has 3 N–H and O–H groups in total. The van der Waals surface area contributed by atoms with Crippen molar-refractivity contribution in [1.82, 2.24) is 24.0 Å². The van der Waals surface area contributed by atoms with Gasteiger partial charge in [-0.2, -0.15) is 13.8 Å². The number of nitrogens with zero attached hydrogens (tertiary/aromatic N) is 6. The van der Waals surface area contributed by atoms with Crippen molar-refractivity contribution in [2.75, 3.05) is 18.3 Å². The van der Waals surface area contributed by atoms with Crippen LogP contribution in [0, 0.1) is 0 Å². The zero-order valence-electron chi connectivity index (χ0n) is 20.4. The molecule has 210 valence electrons. The summed E-state index contributed by atoms with van der Waals surface area (Å²) in [5.41, 5.74) is 5.14. The molecule has 0 aromatic carbocycles. The Morgan fingerprint density at radius 3 is 2.88 bits per heavy atom. The molecule has 0 radical (unpaired) electrons. The van der Waals surface area contributed by atoms with Gasteiger partial charge in [0.25, 0.3) is 18.7 Å². The van der Waals surface area contributed by atoms with Crippen molar-refractivity contribution in [3.8, 4) is 0 Å². The number of β-lactam (4-membered cyclic amide) rings is 1. The Morgan fingerprint density at radius 1 is 1.40 bits per heavy atom. The van der Waals surface area contributed by atoms with Crippen molar-refractivity contribution < 1.29 is 42.8 Å². The summed E-state index contributed by atoms with van der Waals surface area (Å²) < 4.78 is 25.1. The van der Waals surface area contributed by atoms with Gasteiger partial charge in [-0.1, -0.05) is 16.5 Å². The molecule has 2 atom stereocenters. The number of aliphatic carboxylic acids is 1. The van der Waals surface area contributed by atoms with E-state index in [0.29, 0.717) is 11.4 Å². The second-order valence-corrected chi connectivity index (χ2v) is 11.1. The second-order valence-electron chi connectivity index (χ2n) is 8.30. The van der Waals surface area contributed by atoms with E-state index in [1.54, 1.807) is 17.0 Å². The number of oxime groups is 1. The molecule has 2 amide bonds. The van der Waals surface area contributed by atoms with Crippen molar-refractivity contribution in [3.63, 3.8) is 0 Å². The molecule has 3 aromatic heterocycles. The Labute approximate surface area is 236 Å². The summed E-state index contributed by atoms with van der Waals surface area (Å²) in [4.78, 5) is 59.7. The first-order valence-electron chi connectivity index (χ1n) is 11.3. The first-order valence-corrected chi connectivity index (χ1v) is 14.0. The number of carboxylic acid groups (broad SMARTS) is 1. The van der Waals surface area contributed by atoms with Gasteiger partial charge in [0, 0.05) is 35.2 Å². The molecule has 0 saturated carbocycles. The highest BCUT2D eigenvalue weighted by molar-refractivity contribution is 8.00. The minimum Gasteiger partial charge on any atom is -0.543 e. The molecule has 5 rings (SSSR count). The summed E-state index contributed by atoms with van der Waals surface area (Å²) in [5.74, 6) is -3.08. The number of thiazole rings is 1. The Bertz CT molecular complexity index is 1580.